The Hall–Kier alpha value is -3.29. The average Bonchev–Trinajstić information content (AvgIpc) is 2.86. The first-order valence-corrected chi connectivity index (χ1v) is 7.82. The number of carboxylic acid groups (broad SMARTS) is 1. The Morgan fingerprint density at radius 2 is 1.80 bits per heavy atom. The molecular weight excluding hydrogens is 324 g/mol. The molecule has 0 atom stereocenters. The third-order valence-corrected chi connectivity index (χ3v) is 4.46. The number of fused-ring (bicyclic) bond motifs is 2. The van der Waals surface area contributed by atoms with Crippen LogP contribution in [0.2, 0.25) is 0 Å². The Bertz CT molecular complexity index is 876. The summed E-state index contributed by atoms with van der Waals surface area (Å²) in [6.45, 7) is 0.629. The van der Waals surface area contributed by atoms with Crippen molar-refractivity contribution in [3.05, 3.63) is 58.4 Å². The Balaban J connectivity index is 1.59. The number of nitrogens with zero attached hydrogens (tertiary/aromatic N) is 4. The van der Waals surface area contributed by atoms with Crippen LogP contribution < -0.4 is 0 Å². The van der Waals surface area contributed by atoms with E-state index in [9.17, 15) is 14.4 Å². The van der Waals surface area contributed by atoms with Gasteiger partial charge in [0.2, 0.25) is 0 Å². The summed E-state index contributed by atoms with van der Waals surface area (Å²) in [5, 5.41) is 17.4. The molecule has 3 amide bonds. The van der Waals surface area contributed by atoms with Crippen molar-refractivity contribution in [2.24, 2.45) is 0 Å². The zero-order chi connectivity index (χ0) is 17.6. The molecule has 2 aliphatic heterocycles. The van der Waals surface area contributed by atoms with Gasteiger partial charge < -0.3 is 10.0 Å². The van der Waals surface area contributed by atoms with Crippen LogP contribution in [0.3, 0.4) is 0 Å². The maximum atomic E-state index is 12.4. The van der Waals surface area contributed by atoms with Gasteiger partial charge in [0.1, 0.15) is 0 Å². The first-order chi connectivity index (χ1) is 12.0. The highest BCUT2D eigenvalue weighted by Crippen LogP contribution is 2.24. The molecule has 1 aromatic heterocycles. The van der Waals surface area contributed by atoms with Crippen molar-refractivity contribution in [3.8, 4) is 0 Å². The van der Waals surface area contributed by atoms with Crippen molar-refractivity contribution < 1.29 is 19.5 Å². The maximum Gasteiger partial charge on any atom is 0.407 e. The molecule has 126 valence electrons. The molecular formula is C17H14N4O4. The van der Waals surface area contributed by atoms with E-state index >= 15 is 0 Å². The molecule has 25 heavy (non-hydrogen) atoms. The van der Waals surface area contributed by atoms with Crippen molar-refractivity contribution in [1.29, 1.82) is 0 Å². The molecule has 8 nitrogen and oxygen atoms in total. The Labute approximate surface area is 142 Å². The van der Waals surface area contributed by atoms with E-state index in [0.717, 1.165) is 16.2 Å². The lowest BCUT2D eigenvalue weighted by Crippen LogP contribution is -2.36. The summed E-state index contributed by atoms with van der Waals surface area (Å²) in [5.74, 6) is -0.709. The minimum atomic E-state index is -0.982. The summed E-state index contributed by atoms with van der Waals surface area (Å²) in [6.07, 6.45) is -0.480. The molecule has 0 bridgehead atoms. The van der Waals surface area contributed by atoms with Crippen molar-refractivity contribution in [3.63, 3.8) is 0 Å². The second-order valence-corrected chi connectivity index (χ2v) is 6.00. The lowest BCUT2D eigenvalue weighted by Gasteiger charge is -2.25. The van der Waals surface area contributed by atoms with Gasteiger partial charge in [-0.05, 0) is 23.8 Å². The molecule has 1 aromatic carbocycles. The SMILES string of the molecule is O=C(O)N1CCc2nnc(CN3C(=O)c4ccccc4C3=O)cc2C1. The van der Waals surface area contributed by atoms with Gasteiger partial charge in [-0.2, -0.15) is 10.2 Å². The van der Waals surface area contributed by atoms with Crippen molar-refractivity contribution in [1.82, 2.24) is 20.0 Å². The number of carbonyl (C=O) groups is 3. The summed E-state index contributed by atoms with van der Waals surface area (Å²) in [6, 6.07) is 8.40. The molecule has 0 aliphatic carbocycles. The van der Waals surface area contributed by atoms with E-state index in [4.69, 9.17) is 5.11 Å². The number of imide groups is 1. The van der Waals surface area contributed by atoms with Crippen LogP contribution in [0, 0.1) is 0 Å². The van der Waals surface area contributed by atoms with E-state index in [2.05, 4.69) is 10.2 Å². The Morgan fingerprint density at radius 1 is 1.12 bits per heavy atom. The fourth-order valence-electron chi connectivity index (χ4n) is 3.16. The van der Waals surface area contributed by atoms with E-state index in [1.807, 2.05) is 0 Å². The molecule has 0 saturated heterocycles. The Kier molecular flexibility index (Phi) is 3.45. The predicted octanol–water partition coefficient (Wildman–Crippen LogP) is 1.31. The Morgan fingerprint density at radius 3 is 2.44 bits per heavy atom. The van der Waals surface area contributed by atoms with Gasteiger partial charge in [-0.1, -0.05) is 12.1 Å². The van der Waals surface area contributed by atoms with E-state index in [1.165, 1.54) is 4.90 Å². The standard InChI is InChI=1S/C17H14N4O4/c22-15-12-3-1-2-4-13(12)16(23)21(15)9-11-7-10-8-20(17(24)25)6-5-14(10)19-18-11/h1-4,7H,5-6,8-9H2,(H,24,25). The summed E-state index contributed by atoms with van der Waals surface area (Å²) in [7, 11) is 0. The first kappa shape index (κ1) is 15.3. The molecule has 4 rings (SSSR count). The van der Waals surface area contributed by atoms with Gasteiger partial charge in [0.05, 0.1) is 35.6 Å². The topological polar surface area (TPSA) is 104 Å². The molecule has 0 spiro atoms. The summed E-state index contributed by atoms with van der Waals surface area (Å²) in [5.41, 5.74) is 2.74. The number of rotatable bonds is 2. The number of carbonyl (C=O) groups excluding carboxylic acids is 2. The largest absolute Gasteiger partial charge is 0.465 e. The van der Waals surface area contributed by atoms with Crippen LogP contribution in [0.25, 0.3) is 0 Å². The molecule has 2 aromatic rings. The second-order valence-electron chi connectivity index (χ2n) is 6.00. The van der Waals surface area contributed by atoms with Crippen LogP contribution in [-0.2, 0) is 19.5 Å². The highest BCUT2D eigenvalue weighted by molar-refractivity contribution is 6.21. The fourth-order valence-corrected chi connectivity index (χ4v) is 3.16. The van der Waals surface area contributed by atoms with Gasteiger partial charge in [-0.3, -0.25) is 14.5 Å². The van der Waals surface area contributed by atoms with Gasteiger partial charge in [0.15, 0.2) is 0 Å². The number of aromatic nitrogens is 2. The molecule has 0 unspecified atom stereocenters. The molecule has 2 aliphatic rings. The monoisotopic (exact) mass is 338 g/mol. The maximum absolute atomic E-state index is 12.4. The lowest BCUT2D eigenvalue weighted by molar-refractivity contribution is 0.0640. The van der Waals surface area contributed by atoms with Crippen LogP contribution >= 0.6 is 0 Å². The second kappa shape index (κ2) is 5.66. The van der Waals surface area contributed by atoms with E-state index in [1.54, 1.807) is 30.3 Å². The highest BCUT2D eigenvalue weighted by atomic mass is 16.4. The quantitative estimate of drug-likeness (QED) is 0.828. The third-order valence-electron chi connectivity index (χ3n) is 4.46. The lowest BCUT2D eigenvalue weighted by atomic mass is 10.1. The van der Waals surface area contributed by atoms with Gasteiger partial charge in [-0.25, -0.2) is 4.79 Å². The van der Waals surface area contributed by atoms with Gasteiger partial charge in [-0.15, -0.1) is 0 Å². The van der Waals surface area contributed by atoms with Gasteiger partial charge in [0.25, 0.3) is 11.8 Å². The zero-order valence-corrected chi connectivity index (χ0v) is 13.2. The fraction of sp³-hybridized carbons (Fsp3) is 0.235. The predicted molar refractivity (Wildman–Crippen MR) is 84.8 cm³/mol. The van der Waals surface area contributed by atoms with Crippen molar-refractivity contribution in [2.75, 3.05) is 6.54 Å². The highest BCUT2D eigenvalue weighted by Gasteiger charge is 2.35. The summed E-state index contributed by atoms with van der Waals surface area (Å²) in [4.78, 5) is 38.4. The summed E-state index contributed by atoms with van der Waals surface area (Å²) < 4.78 is 0. The van der Waals surface area contributed by atoms with Crippen LogP contribution in [0.15, 0.2) is 30.3 Å². The van der Waals surface area contributed by atoms with Crippen molar-refractivity contribution >= 4 is 17.9 Å². The van der Waals surface area contributed by atoms with E-state index in [0.29, 0.717) is 29.8 Å². The number of hydrogen-bond donors (Lipinski definition) is 1. The molecule has 0 radical (unpaired) electrons. The molecule has 3 heterocycles. The molecule has 8 heteroatoms. The molecule has 1 N–H and O–H groups in total. The smallest absolute Gasteiger partial charge is 0.407 e. The van der Waals surface area contributed by atoms with Crippen LogP contribution in [0.4, 0.5) is 4.79 Å². The van der Waals surface area contributed by atoms with Gasteiger partial charge in [0, 0.05) is 13.0 Å². The van der Waals surface area contributed by atoms with Crippen LogP contribution in [0.1, 0.15) is 37.7 Å². The van der Waals surface area contributed by atoms with E-state index in [-0.39, 0.29) is 24.9 Å². The molecule has 0 saturated carbocycles. The normalized spacial score (nSPS) is 16.0. The summed E-state index contributed by atoms with van der Waals surface area (Å²) >= 11 is 0. The minimum absolute atomic E-state index is 0.0136. The van der Waals surface area contributed by atoms with Crippen LogP contribution in [-0.4, -0.2) is 49.6 Å². The minimum Gasteiger partial charge on any atom is -0.465 e. The number of hydrogen-bond acceptors (Lipinski definition) is 5. The van der Waals surface area contributed by atoms with Crippen LogP contribution in [0.5, 0.6) is 0 Å². The van der Waals surface area contributed by atoms with E-state index < -0.39 is 6.09 Å². The van der Waals surface area contributed by atoms with Gasteiger partial charge >= 0.3 is 6.09 Å². The third kappa shape index (κ3) is 2.51. The average molecular weight is 338 g/mol. The molecule has 0 fully saturated rings. The zero-order valence-electron chi connectivity index (χ0n) is 13.2. The first-order valence-electron chi connectivity index (χ1n) is 7.82. The number of benzene rings is 1. The number of amides is 3. The van der Waals surface area contributed by atoms with Crippen molar-refractivity contribution in [2.45, 2.75) is 19.5 Å².